The second kappa shape index (κ2) is 6.27. The number of hydrogen-bond donors (Lipinski definition) is 2. The van der Waals surface area contributed by atoms with Crippen molar-refractivity contribution in [3.05, 3.63) is 36.6 Å². The minimum atomic E-state index is -0.203. The molecule has 2 N–H and O–H groups in total. The summed E-state index contributed by atoms with van der Waals surface area (Å²) >= 11 is 0. The molecule has 4 heterocycles. The maximum Gasteiger partial charge on any atom is 0.159 e. The molecule has 1 saturated carbocycles. The predicted octanol–water partition coefficient (Wildman–Crippen LogP) is 2.57. The molecule has 1 fully saturated rings. The molecule has 0 bridgehead atoms. The van der Waals surface area contributed by atoms with Crippen molar-refractivity contribution in [2.45, 2.75) is 44.8 Å². The standard InChI is InChI=1S/C18H20N8O/c1-2-26-17-13(9-23-26)16(24-15-10-21-22-11-20-15)12(8-19-17)14-7-18(27-25-14)5-3-4-6-18/h7-11,25H,2-6H2,1H3,(H,19,20,22,24). The molecule has 3 aromatic heterocycles. The third kappa shape index (κ3) is 2.71. The van der Waals surface area contributed by atoms with Gasteiger partial charge in [0.15, 0.2) is 11.5 Å². The van der Waals surface area contributed by atoms with Crippen LogP contribution in [0.5, 0.6) is 0 Å². The molecule has 5 rings (SSSR count). The fourth-order valence-electron chi connectivity index (χ4n) is 3.86. The van der Waals surface area contributed by atoms with Gasteiger partial charge in [-0.25, -0.2) is 14.6 Å². The van der Waals surface area contributed by atoms with Gasteiger partial charge in [0.2, 0.25) is 0 Å². The van der Waals surface area contributed by atoms with Gasteiger partial charge in [-0.2, -0.15) is 10.2 Å². The molecule has 0 radical (unpaired) electrons. The quantitative estimate of drug-likeness (QED) is 0.728. The summed E-state index contributed by atoms with van der Waals surface area (Å²) in [5, 5.41) is 16.4. The second-order valence-corrected chi connectivity index (χ2v) is 6.89. The fourth-order valence-corrected chi connectivity index (χ4v) is 3.86. The molecule has 1 aliphatic heterocycles. The molecule has 1 aliphatic carbocycles. The first-order valence-electron chi connectivity index (χ1n) is 9.19. The van der Waals surface area contributed by atoms with Crippen molar-refractivity contribution in [1.82, 2.24) is 35.4 Å². The van der Waals surface area contributed by atoms with Crippen LogP contribution in [0.15, 0.2) is 31.0 Å². The molecule has 27 heavy (non-hydrogen) atoms. The minimum absolute atomic E-state index is 0.203. The number of hydrogen-bond acceptors (Lipinski definition) is 8. The lowest BCUT2D eigenvalue weighted by Crippen LogP contribution is -2.25. The van der Waals surface area contributed by atoms with Gasteiger partial charge in [-0.3, -0.25) is 10.3 Å². The summed E-state index contributed by atoms with van der Waals surface area (Å²) in [6.45, 7) is 2.79. The van der Waals surface area contributed by atoms with Crippen LogP contribution in [0, 0.1) is 0 Å². The molecule has 1 spiro atoms. The van der Waals surface area contributed by atoms with Crippen molar-refractivity contribution in [2.24, 2.45) is 0 Å². The topological polar surface area (TPSA) is 103 Å². The molecule has 0 atom stereocenters. The lowest BCUT2D eigenvalue weighted by molar-refractivity contribution is -0.0289. The van der Waals surface area contributed by atoms with Crippen LogP contribution in [0.4, 0.5) is 11.5 Å². The Morgan fingerprint density at radius 2 is 2.07 bits per heavy atom. The zero-order chi connectivity index (χ0) is 18.3. The largest absolute Gasteiger partial charge is 0.338 e. The number of hydroxylamine groups is 1. The number of pyridine rings is 1. The Morgan fingerprint density at radius 1 is 1.19 bits per heavy atom. The molecule has 0 amide bonds. The van der Waals surface area contributed by atoms with E-state index in [0.717, 1.165) is 47.4 Å². The molecule has 9 heteroatoms. The van der Waals surface area contributed by atoms with Gasteiger partial charge in [0.1, 0.15) is 11.9 Å². The van der Waals surface area contributed by atoms with Gasteiger partial charge < -0.3 is 5.32 Å². The maximum atomic E-state index is 5.96. The van der Waals surface area contributed by atoms with E-state index in [9.17, 15) is 0 Å². The monoisotopic (exact) mass is 364 g/mol. The van der Waals surface area contributed by atoms with Crippen LogP contribution in [-0.2, 0) is 11.4 Å². The summed E-state index contributed by atoms with van der Waals surface area (Å²) < 4.78 is 1.87. The number of nitrogens with zero attached hydrogens (tertiary/aromatic N) is 6. The summed E-state index contributed by atoms with van der Waals surface area (Å²) in [6, 6.07) is 0. The SMILES string of the molecule is CCn1ncc2c(Nc3cnncn3)c(C3=CC4(CCCC4)ON3)cnc21. The van der Waals surface area contributed by atoms with Crippen molar-refractivity contribution in [2.75, 3.05) is 5.32 Å². The van der Waals surface area contributed by atoms with Gasteiger partial charge in [-0.05, 0) is 25.8 Å². The molecule has 138 valence electrons. The van der Waals surface area contributed by atoms with E-state index < -0.39 is 0 Å². The zero-order valence-electron chi connectivity index (χ0n) is 15.0. The molecule has 0 unspecified atom stereocenters. The molecular weight excluding hydrogens is 344 g/mol. The van der Waals surface area contributed by atoms with Crippen molar-refractivity contribution < 1.29 is 4.84 Å². The third-order valence-electron chi connectivity index (χ3n) is 5.23. The van der Waals surface area contributed by atoms with Crippen LogP contribution in [0.25, 0.3) is 16.7 Å². The number of fused-ring (bicyclic) bond motifs is 1. The van der Waals surface area contributed by atoms with Crippen LogP contribution >= 0.6 is 0 Å². The van der Waals surface area contributed by atoms with E-state index in [1.54, 1.807) is 6.20 Å². The average molecular weight is 364 g/mol. The van der Waals surface area contributed by atoms with E-state index in [1.807, 2.05) is 24.0 Å². The Balaban J connectivity index is 1.64. The third-order valence-corrected chi connectivity index (χ3v) is 5.23. The number of anilines is 2. The fraction of sp³-hybridized carbons (Fsp3) is 0.389. The first-order chi connectivity index (χ1) is 13.3. The highest BCUT2D eigenvalue weighted by molar-refractivity contribution is 5.97. The van der Waals surface area contributed by atoms with Gasteiger partial charge in [0.05, 0.1) is 29.2 Å². The Bertz CT molecular complexity index is 1010. The highest BCUT2D eigenvalue weighted by Crippen LogP contribution is 2.41. The second-order valence-electron chi connectivity index (χ2n) is 6.89. The van der Waals surface area contributed by atoms with E-state index >= 15 is 0 Å². The Kier molecular flexibility index (Phi) is 3.75. The Labute approximate surface area is 155 Å². The highest BCUT2D eigenvalue weighted by Gasteiger charge is 2.38. The normalized spacial score (nSPS) is 18.0. The van der Waals surface area contributed by atoms with E-state index in [0.29, 0.717) is 5.82 Å². The predicted molar refractivity (Wildman–Crippen MR) is 99.7 cm³/mol. The van der Waals surface area contributed by atoms with Crippen LogP contribution in [0.3, 0.4) is 0 Å². The van der Waals surface area contributed by atoms with Gasteiger partial charge in [0, 0.05) is 18.3 Å². The average Bonchev–Trinajstić information content (AvgIpc) is 3.44. The van der Waals surface area contributed by atoms with E-state index in [1.165, 1.54) is 19.2 Å². The van der Waals surface area contributed by atoms with Gasteiger partial charge in [0.25, 0.3) is 0 Å². The first-order valence-corrected chi connectivity index (χ1v) is 9.19. The maximum absolute atomic E-state index is 5.96. The lowest BCUT2D eigenvalue weighted by Gasteiger charge is -2.17. The number of rotatable bonds is 4. The van der Waals surface area contributed by atoms with Crippen LogP contribution in [0.1, 0.15) is 38.2 Å². The molecule has 9 nitrogen and oxygen atoms in total. The van der Waals surface area contributed by atoms with Crippen LogP contribution in [0.2, 0.25) is 0 Å². The molecule has 0 aromatic carbocycles. The van der Waals surface area contributed by atoms with Crippen molar-refractivity contribution in [3.63, 3.8) is 0 Å². The molecule has 3 aromatic rings. The first kappa shape index (κ1) is 16.1. The molecular formula is C18H20N8O. The summed E-state index contributed by atoms with van der Waals surface area (Å²) in [6.07, 6.45) is 13.3. The van der Waals surface area contributed by atoms with Crippen LogP contribution < -0.4 is 10.8 Å². The van der Waals surface area contributed by atoms with Crippen molar-refractivity contribution >= 4 is 28.2 Å². The summed E-state index contributed by atoms with van der Waals surface area (Å²) in [5.74, 6) is 0.609. The molecule has 2 aliphatic rings. The van der Waals surface area contributed by atoms with E-state index in [4.69, 9.17) is 4.84 Å². The summed E-state index contributed by atoms with van der Waals surface area (Å²) in [4.78, 5) is 14.8. The minimum Gasteiger partial charge on any atom is -0.338 e. The number of aryl methyl sites for hydroxylation is 1. The van der Waals surface area contributed by atoms with Gasteiger partial charge >= 0.3 is 0 Å². The summed E-state index contributed by atoms with van der Waals surface area (Å²) in [5.41, 5.74) is 6.45. The molecule has 0 saturated heterocycles. The Hall–Kier alpha value is -3.07. The summed E-state index contributed by atoms with van der Waals surface area (Å²) in [7, 11) is 0. The number of aromatic nitrogens is 6. The van der Waals surface area contributed by atoms with Gasteiger partial charge in [-0.1, -0.05) is 12.8 Å². The Morgan fingerprint density at radius 3 is 2.85 bits per heavy atom. The van der Waals surface area contributed by atoms with Gasteiger partial charge in [-0.15, -0.1) is 5.10 Å². The van der Waals surface area contributed by atoms with E-state index in [2.05, 4.69) is 42.1 Å². The zero-order valence-corrected chi connectivity index (χ0v) is 15.0. The van der Waals surface area contributed by atoms with E-state index in [-0.39, 0.29) is 5.60 Å². The van der Waals surface area contributed by atoms with Crippen molar-refractivity contribution in [1.29, 1.82) is 0 Å². The van der Waals surface area contributed by atoms with Crippen molar-refractivity contribution in [3.8, 4) is 0 Å². The highest BCUT2D eigenvalue weighted by atomic mass is 16.7. The van der Waals surface area contributed by atoms with Crippen LogP contribution in [-0.4, -0.2) is 35.5 Å². The lowest BCUT2D eigenvalue weighted by atomic mass is 9.99. The smallest absolute Gasteiger partial charge is 0.159 e. The number of nitrogens with one attached hydrogen (secondary N) is 2.